The molecule has 1 rings (SSSR count). The van der Waals surface area contributed by atoms with Crippen molar-refractivity contribution < 1.29 is 14.6 Å². The maximum absolute atomic E-state index is 11.3. The molecular formula is C12H15BrO3. The first-order valence-corrected chi connectivity index (χ1v) is 5.72. The normalized spacial score (nSPS) is 14.3. The third kappa shape index (κ3) is 3.06. The van der Waals surface area contributed by atoms with Crippen LogP contribution in [0.5, 0.6) is 0 Å². The van der Waals surface area contributed by atoms with E-state index in [0.29, 0.717) is 0 Å². The lowest BCUT2D eigenvalue weighted by atomic mass is 9.94. The van der Waals surface area contributed by atoms with E-state index in [1.807, 2.05) is 25.1 Å². The van der Waals surface area contributed by atoms with E-state index in [1.165, 1.54) is 14.0 Å². The molecular weight excluding hydrogens is 272 g/mol. The molecule has 0 aliphatic rings. The number of hydrogen-bond donors (Lipinski definition) is 1. The topological polar surface area (TPSA) is 46.5 Å². The molecule has 88 valence electrons. The number of aliphatic hydroxyl groups is 1. The fourth-order valence-electron chi connectivity index (χ4n) is 1.52. The van der Waals surface area contributed by atoms with Crippen LogP contribution in [-0.4, -0.2) is 23.8 Å². The number of carbonyl (C=O) groups excluding carboxylic acids is 1. The van der Waals surface area contributed by atoms with Crippen LogP contribution in [0.1, 0.15) is 18.1 Å². The van der Waals surface area contributed by atoms with Gasteiger partial charge in [-0.05, 0) is 37.1 Å². The molecule has 0 bridgehead atoms. The van der Waals surface area contributed by atoms with Crippen molar-refractivity contribution in [2.24, 2.45) is 0 Å². The highest BCUT2D eigenvalue weighted by atomic mass is 79.9. The quantitative estimate of drug-likeness (QED) is 0.867. The highest BCUT2D eigenvalue weighted by Gasteiger charge is 2.31. The summed E-state index contributed by atoms with van der Waals surface area (Å²) < 4.78 is 5.53. The number of methoxy groups -OCH3 is 1. The zero-order valence-corrected chi connectivity index (χ0v) is 11.2. The minimum Gasteiger partial charge on any atom is -0.467 e. The Morgan fingerprint density at radius 3 is 2.69 bits per heavy atom. The minimum atomic E-state index is -1.48. The Morgan fingerprint density at radius 1 is 1.56 bits per heavy atom. The third-order valence-corrected chi connectivity index (χ3v) is 2.96. The SMILES string of the molecule is COC(=O)C(C)(O)Cc1ccc(Br)cc1C. The molecule has 0 saturated heterocycles. The van der Waals surface area contributed by atoms with Gasteiger partial charge < -0.3 is 9.84 Å². The highest BCUT2D eigenvalue weighted by molar-refractivity contribution is 9.10. The van der Waals surface area contributed by atoms with Crippen LogP contribution in [0.4, 0.5) is 0 Å². The summed E-state index contributed by atoms with van der Waals surface area (Å²) in [6, 6.07) is 5.72. The van der Waals surface area contributed by atoms with E-state index in [9.17, 15) is 9.90 Å². The summed E-state index contributed by atoms with van der Waals surface area (Å²) in [6.45, 7) is 3.40. The van der Waals surface area contributed by atoms with Gasteiger partial charge in [-0.2, -0.15) is 0 Å². The van der Waals surface area contributed by atoms with Gasteiger partial charge in [0.2, 0.25) is 0 Å². The highest BCUT2D eigenvalue weighted by Crippen LogP contribution is 2.21. The van der Waals surface area contributed by atoms with Crippen LogP contribution in [0.15, 0.2) is 22.7 Å². The van der Waals surface area contributed by atoms with Crippen molar-refractivity contribution in [2.45, 2.75) is 25.9 Å². The van der Waals surface area contributed by atoms with E-state index < -0.39 is 11.6 Å². The first-order valence-electron chi connectivity index (χ1n) is 4.92. The number of ether oxygens (including phenoxy) is 1. The molecule has 0 aliphatic carbocycles. The van der Waals surface area contributed by atoms with E-state index in [4.69, 9.17) is 0 Å². The maximum Gasteiger partial charge on any atom is 0.337 e. The van der Waals surface area contributed by atoms with Gasteiger partial charge in [-0.3, -0.25) is 0 Å². The smallest absolute Gasteiger partial charge is 0.337 e. The molecule has 0 aliphatic heterocycles. The maximum atomic E-state index is 11.3. The number of rotatable bonds is 3. The summed E-state index contributed by atoms with van der Waals surface area (Å²) >= 11 is 3.36. The van der Waals surface area contributed by atoms with Gasteiger partial charge in [-0.25, -0.2) is 4.79 Å². The van der Waals surface area contributed by atoms with E-state index in [0.717, 1.165) is 15.6 Å². The number of carbonyl (C=O) groups is 1. The number of hydrogen-bond acceptors (Lipinski definition) is 3. The molecule has 0 heterocycles. The molecule has 0 spiro atoms. The summed E-state index contributed by atoms with van der Waals surface area (Å²) in [7, 11) is 1.27. The first kappa shape index (κ1) is 13.2. The van der Waals surface area contributed by atoms with Gasteiger partial charge in [-0.1, -0.05) is 22.0 Å². The first-order chi connectivity index (χ1) is 7.36. The Bertz CT molecular complexity index is 399. The Balaban J connectivity index is 2.92. The van der Waals surface area contributed by atoms with E-state index in [1.54, 1.807) is 0 Å². The Morgan fingerprint density at radius 2 is 2.19 bits per heavy atom. The monoisotopic (exact) mass is 286 g/mol. The second kappa shape index (κ2) is 4.97. The fourth-order valence-corrected chi connectivity index (χ4v) is 2.00. The predicted molar refractivity (Wildman–Crippen MR) is 65.2 cm³/mol. The zero-order chi connectivity index (χ0) is 12.3. The van der Waals surface area contributed by atoms with Gasteiger partial charge in [-0.15, -0.1) is 0 Å². The van der Waals surface area contributed by atoms with Crippen LogP contribution < -0.4 is 0 Å². The molecule has 1 aromatic rings. The van der Waals surface area contributed by atoms with E-state index >= 15 is 0 Å². The van der Waals surface area contributed by atoms with Gasteiger partial charge in [0.15, 0.2) is 5.60 Å². The van der Waals surface area contributed by atoms with Crippen molar-refractivity contribution in [3.8, 4) is 0 Å². The second-order valence-corrected chi connectivity index (χ2v) is 4.93. The van der Waals surface area contributed by atoms with E-state index in [2.05, 4.69) is 20.7 Å². The van der Waals surface area contributed by atoms with Crippen molar-refractivity contribution >= 4 is 21.9 Å². The lowest BCUT2D eigenvalue weighted by molar-refractivity contribution is -0.160. The second-order valence-electron chi connectivity index (χ2n) is 4.01. The Labute approximate surface area is 104 Å². The summed E-state index contributed by atoms with van der Waals surface area (Å²) in [5.74, 6) is -0.616. The average Bonchev–Trinajstić information content (AvgIpc) is 2.21. The fraction of sp³-hybridized carbons (Fsp3) is 0.417. The van der Waals surface area contributed by atoms with Crippen LogP contribution >= 0.6 is 15.9 Å². The van der Waals surface area contributed by atoms with Crippen molar-refractivity contribution in [1.29, 1.82) is 0 Å². The van der Waals surface area contributed by atoms with Crippen LogP contribution in [0.25, 0.3) is 0 Å². The molecule has 0 radical (unpaired) electrons. The average molecular weight is 287 g/mol. The largest absolute Gasteiger partial charge is 0.467 e. The molecule has 3 nitrogen and oxygen atoms in total. The third-order valence-electron chi connectivity index (χ3n) is 2.46. The summed E-state index contributed by atoms with van der Waals surface area (Å²) in [5, 5.41) is 9.94. The molecule has 1 atom stereocenters. The van der Waals surface area contributed by atoms with Crippen LogP contribution in [0, 0.1) is 6.92 Å². The standard InChI is InChI=1S/C12H15BrO3/c1-8-6-10(13)5-4-9(8)7-12(2,15)11(14)16-3/h4-6,15H,7H2,1-3H3. The van der Waals surface area contributed by atoms with Gasteiger partial charge >= 0.3 is 5.97 Å². The lowest BCUT2D eigenvalue weighted by Crippen LogP contribution is -2.38. The number of benzene rings is 1. The van der Waals surface area contributed by atoms with Crippen molar-refractivity contribution in [1.82, 2.24) is 0 Å². The van der Waals surface area contributed by atoms with Crippen LogP contribution in [0.2, 0.25) is 0 Å². The Kier molecular flexibility index (Phi) is 4.10. The summed E-state index contributed by atoms with van der Waals surface area (Å²) in [6.07, 6.45) is 0.249. The zero-order valence-electron chi connectivity index (χ0n) is 9.58. The molecule has 4 heteroatoms. The van der Waals surface area contributed by atoms with Crippen LogP contribution in [0.3, 0.4) is 0 Å². The molecule has 0 aromatic heterocycles. The Hall–Kier alpha value is -0.870. The van der Waals surface area contributed by atoms with Crippen molar-refractivity contribution in [2.75, 3.05) is 7.11 Å². The number of aryl methyl sites for hydroxylation is 1. The number of esters is 1. The summed E-state index contributed by atoms with van der Waals surface area (Å²) in [5.41, 5.74) is 0.477. The molecule has 0 fully saturated rings. The number of halogens is 1. The summed E-state index contributed by atoms with van der Waals surface area (Å²) in [4.78, 5) is 11.3. The lowest BCUT2D eigenvalue weighted by Gasteiger charge is -2.21. The molecule has 16 heavy (non-hydrogen) atoms. The van der Waals surface area contributed by atoms with Gasteiger partial charge in [0, 0.05) is 10.9 Å². The van der Waals surface area contributed by atoms with Gasteiger partial charge in [0.05, 0.1) is 7.11 Å². The van der Waals surface area contributed by atoms with Crippen LogP contribution in [-0.2, 0) is 16.0 Å². The van der Waals surface area contributed by atoms with Gasteiger partial charge in [0.25, 0.3) is 0 Å². The molecule has 1 unspecified atom stereocenters. The molecule has 0 amide bonds. The van der Waals surface area contributed by atoms with Gasteiger partial charge in [0.1, 0.15) is 0 Å². The van der Waals surface area contributed by atoms with Crippen molar-refractivity contribution in [3.63, 3.8) is 0 Å². The van der Waals surface area contributed by atoms with E-state index in [-0.39, 0.29) is 6.42 Å². The minimum absolute atomic E-state index is 0.249. The predicted octanol–water partition coefficient (Wildman–Crippen LogP) is 2.22. The van der Waals surface area contributed by atoms with Crippen molar-refractivity contribution in [3.05, 3.63) is 33.8 Å². The molecule has 1 aromatic carbocycles. The molecule has 0 saturated carbocycles. The molecule has 1 N–H and O–H groups in total.